The number of nitrogens with zero attached hydrogens (tertiary/aromatic N) is 2. The average molecular weight is 271 g/mol. The van der Waals surface area contributed by atoms with Crippen molar-refractivity contribution in [2.24, 2.45) is 7.05 Å². The minimum absolute atomic E-state index is 0.639. The van der Waals surface area contributed by atoms with Crippen molar-refractivity contribution in [1.82, 2.24) is 15.1 Å². The maximum atomic E-state index is 10.6. The monoisotopic (exact) mass is 271 g/mol. The first-order valence-electron chi connectivity index (χ1n) is 7.18. The van der Waals surface area contributed by atoms with E-state index in [0.717, 1.165) is 36.3 Å². The van der Waals surface area contributed by atoms with Crippen LogP contribution >= 0.6 is 0 Å². The molecular weight excluding hydrogens is 250 g/mol. The number of aliphatic hydroxyl groups is 1. The fraction of sp³-hybridized carbons (Fsp3) is 0.438. The third kappa shape index (κ3) is 2.76. The number of hydrogen-bond acceptors (Lipinski definition) is 3. The average Bonchev–Trinajstić information content (AvgIpc) is 2.81. The Labute approximate surface area is 119 Å². The van der Waals surface area contributed by atoms with Crippen LogP contribution in [0.25, 0.3) is 11.3 Å². The highest BCUT2D eigenvalue weighted by atomic mass is 16.3. The zero-order valence-corrected chi connectivity index (χ0v) is 11.8. The largest absolute Gasteiger partial charge is 0.388 e. The van der Waals surface area contributed by atoms with Gasteiger partial charge in [-0.1, -0.05) is 30.3 Å². The van der Waals surface area contributed by atoms with Gasteiger partial charge in [0, 0.05) is 31.3 Å². The number of piperidine rings is 1. The predicted molar refractivity (Wildman–Crippen MR) is 79.4 cm³/mol. The Balaban J connectivity index is 1.82. The normalized spacial score (nSPS) is 22.9. The Morgan fingerprint density at radius 3 is 2.85 bits per heavy atom. The first kappa shape index (κ1) is 13.3. The third-order valence-electron chi connectivity index (χ3n) is 4.01. The molecule has 1 aromatic heterocycles. The number of hydrogen-bond donors (Lipinski definition) is 2. The van der Waals surface area contributed by atoms with E-state index in [0.29, 0.717) is 13.0 Å². The van der Waals surface area contributed by atoms with Crippen LogP contribution in [-0.4, -0.2) is 33.6 Å². The summed E-state index contributed by atoms with van der Waals surface area (Å²) in [5.41, 5.74) is 2.52. The van der Waals surface area contributed by atoms with Gasteiger partial charge in [0.1, 0.15) is 0 Å². The molecular formula is C16H21N3O. The van der Waals surface area contributed by atoms with Gasteiger partial charge in [-0.15, -0.1) is 0 Å². The first-order chi connectivity index (χ1) is 9.66. The number of rotatable bonds is 3. The molecule has 2 aromatic rings. The predicted octanol–water partition coefficient (Wildman–Crippen LogP) is 1.74. The zero-order chi connectivity index (χ0) is 14.0. The minimum atomic E-state index is -0.639. The van der Waals surface area contributed by atoms with Gasteiger partial charge in [-0.3, -0.25) is 4.68 Å². The maximum Gasteiger partial charge on any atom is 0.0925 e. The van der Waals surface area contributed by atoms with Gasteiger partial charge in [0.2, 0.25) is 0 Å². The molecule has 1 fully saturated rings. The Bertz CT molecular complexity index is 571. The second-order valence-electron chi connectivity index (χ2n) is 5.69. The van der Waals surface area contributed by atoms with Crippen molar-refractivity contribution < 1.29 is 5.11 Å². The van der Waals surface area contributed by atoms with Gasteiger partial charge < -0.3 is 10.4 Å². The molecule has 3 rings (SSSR count). The van der Waals surface area contributed by atoms with Crippen LogP contribution in [0.15, 0.2) is 36.4 Å². The summed E-state index contributed by atoms with van der Waals surface area (Å²) in [7, 11) is 1.95. The summed E-state index contributed by atoms with van der Waals surface area (Å²) in [5.74, 6) is 0. The van der Waals surface area contributed by atoms with Gasteiger partial charge in [-0.2, -0.15) is 5.10 Å². The van der Waals surface area contributed by atoms with Gasteiger partial charge >= 0.3 is 0 Å². The molecule has 1 saturated heterocycles. The van der Waals surface area contributed by atoms with E-state index in [9.17, 15) is 5.11 Å². The van der Waals surface area contributed by atoms with Crippen LogP contribution in [0.3, 0.4) is 0 Å². The molecule has 106 valence electrons. The molecule has 0 radical (unpaired) electrons. The lowest BCUT2D eigenvalue weighted by Crippen LogP contribution is -2.47. The lowest BCUT2D eigenvalue weighted by Gasteiger charge is -2.32. The molecule has 0 spiro atoms. The lowest BCUT2D eigenvalue weighted by atomic mass is 9.89. The second-order valence-corrected chi connectivity index (χ2v) is 5.69. The molecule has 1 aliphatic heterocycles. The van der Waals surface area contributed by atoms with E-state index in [1.165, 1.54) is 0 Å². The third-order valence-corrected chi connectivity index (χ3v) is 4.01. The summed E-state index contributed by atoms with van der Waals surface area (Å²) >= 11 is 0. The van der Waals surface area contributed by atoms with Gasteiger partial charge in [0.15, 0.2) is 0 Å². The van der Waals surface area contributed by atoms with Crippen molar-refractivity contribution >= 4 is 0 Å². The molecule has 4 heteroatoms. The molecule has 2 heterocycles. The van der Waals surface area contributed by atoms with E-state index in [2.05, 4.69) is 28.6 Å². The molecule has 0 amide bonds. The van der Waals surface area contributed by atoms with Crippen molar-refractivity contribution in [3.05, 3.63) is 42.1 Å². The number of aryl methyl sites for hydroxylation is 1. The number of β-amino-alcohol motifs (C(OH)–C–C–N with tert-alkyl or cyclic N) is 1. The molecule has 1 aliphatic rings. The van der Waals surface area contributed by atoms with Crippen LogP contribution in [0.5, 0.6) is 0 Å². The molecule has 0 saturated carbocycles. The van der Waals surface area contributed by atoms with Crippen molar-refractivity contribution in [3.8, 4) is 11.3 Å². The van der Waals surface area contributed by atoms with E-state index in [4.69, 9.17) is 0 Å². The highest BCUT2D eigenvalue weighted by Gasteiger charge is 2.30. The van der Waals surface area contributed by atoms with E-state index in [1.54, 1.807) is 0 Å². The van der Waals surface area contributed by atoms with Gasteiger partial charge in [-0.25, -0.2) is 0 Å². The van der Waals surface area contributed by atoms with Crippen LogP contribution in [0.4, 0.5) is 0 Å². The zero-order valence-electron chi connectivity index (χ0n) is 11.8. The lowest BCUT2D eigenvalue weighted by molar-refractivity contribution is 0.0153. The fourth-order valence-electron chi connectivity index (χ4n) is 2.86. The highest BCUT2D eigenvalue weighted by Crippen LogP contribution is 2.24. The number of benzene rings is 1. The van der Waals surface area contributed by atoms with Crippen molar-refractivity contribution in [3.63, 3.8) is 0 Å². The Morgan fingerprint density at radius 1 is 1.35 bits per heavy atom. The first-order valence-corrected chi connectivity index (χ1v) is 7.18. The van der Waals surface area contributed by atoms with Gasteiger partial charge in [-0.05, 0) is 25.5 Å². The summed E-state index contributed by atoms with van der Waals surface area (Å²) in [6.45, 7) is 1.67. The standard InChI is InChI=1S/C16H21N3O/c1-19-14(11-16(20)8-5-9-17-12-16)10-15(18-19)13-6-3-2-4-7-13/h2-4,6-7,10,17,20H,5,8-9,11-12H2,1H3. The van der Waals surface area contributed by atoms with E-state index in [-0.39, 0.29) is 0 Å². The molecule has 0 bridgehead atoms. The highest BCUT2D eigenvalue weighted by molar-refractivity contribution is 5.59. The molecule has 2 N–H and O–H groups in total. The Morgan fingerprint density at radius 2 is 2.15 bits per heavy atom. The van der Waals surface area contributed by atoms with Crippen molar-refractivity contribution in [2.45, 2.75) is 24.9 Å². The second kappa shape index (κ2) is 5.38. The molecule has 1 atom stereocenters. The van der Waals surface area contributed by atoms with Crippen molar-refractivity contribution in [2.75, 3.05) is 13.1 Å². The van der Waals surface area contributed by atoms with Crippen LogP contribution < -0.4 is 5.32 Å². The summed E-state index contributed by atoms with van der Waals surface area (Å²) in [4.78, 5) is 0. The van der Waals surface area contributed by atoms with E-state index >= 15 is 0 Å². The number of nitrogens with one attached hydrogen (secondary N) is 1. The summed E-state index contributed by atoms with van der Waals surface area (Å²) in [6.07, 6.45) is 2.53. The van der Waals surface area contributed by atoms with Crippen LogP contribution in [0.1, 0.15) is 18.5 Å². The number of aromatic nitrogens is 2. The Kier molecular flexibility index (Phi) is 3.59. The van der Waals surface area contributed by atoms with Gasteiger partial charge in [0.05, 0.1) is 11.3 Å². The Hall–Kier alpha value is -1.65. The molecule has 1 aromatic carbocycles. The van der Waals surface area contributed by atoms with Crippen LogP contribution in [-0.2, 0) is 13.5 Å². The van der Waals surface area contributed by atoms with Crippen molar-refractivity contribution in [1.29, 1.82) is 0 Å². The summed E-state index contributed by atoms with van der Waals surface area (Å²) in [6, 6.07) is 12.2. The quantitative estimate of drug-likeness (QED) is 0.894. The topological polar surface area (TPSA) is 50.1 Å². The van der Waals surface area contributed by atoms with E-state index < -0.39 is 5.60 Å². The van der Waals surface area contributed by atoms with Gasteiger partial charge in [0.25, 0.3) is 0 Å². The molecule has 20 heavy (non-hydrogen) atoms. The summed E-state index contributed by atoms with van der Waals surface area (Å²) < 4.78 is 1.88. The SMILES string of the molecule is Cn1nc(-c2ccccc2)cc1CC1(O)CCCNC1. The fourth-order valence-corrected chi connectivity index (χ4v) is 2.86. The smallest absolute Gasteiger partial charge is 0.0925 e. The van der Waals surface area contributed by atoms with E-state index in [1.807, 2.05) is 29.9 Å². The molecule has 1 unspecified atom stereocenters. The summed E-state index contributed by atoms with van der Waals surface area (Å²) in [5, 5.41) is 18.5. The molecule has 4 nitrogen and oxygen atoms in total. The maximum absolute atomic E-state index is 10.6. The van der Waals surface area contributed by atoms with Crippen LogP contribution in [0.2, 0.25) is 0 Å². The molecule has 0 aliphatic carbocycles. The van der Waals surface area contributed by atoms with Crippen LogP contribution in [0, 0.1) is 0 Å². The minimum Gasteiger partial charge on any atom is -0.388 e.